The number of carbonyl (C=O) groups excluding carboxylic acids is 1. The van der Waals surface area contributed by atoms with E-state index >= 15 is 0 Å². The van der Waals surface area contributed by atoms with Crippen molar-refractivity contribution in [3.05, 3.63) is 29.8 Å². The number of benzene rings is 1. The van der Waals surface area contributed by atoms with Crippen LogP contribution in [0.25, 0.3) is 0 Å². The van der Waals surface area contributed by atoms with Crippen LogP contribution in [0.4, 0.5) is 13.2 Å². The second kappa shape index (κ2) is 8.12. The third-order valence-corrected chi connectivity index (χ3v) is 8.30. The number of nitrogens with zero attached hydrogens (tertiary/aromatic N) is 2. The van der Waals surface area contributed by atoms with Crippen molar-refractivity contribution in [1.29, 1.82) is 0 Å². The molecule has 1 saturated heterocycles. The minimum atomic E-state index is -4.52. The van der Waals surface area contributed by atoms with Gasteiger partial charge in [0.1, 0.15) is 0 Å². The molecular weight excluding hydrogens is 419 g/mol. The Balaban J connectivity index is 1.74. The van der Waals surface area contributed by atoms with Crippen molar-refractivity contribution < 1.29 is 26.4 Å². The largest absolute Gasteiger partial charge is 0.416 e. The highest BCUT2D eigenvalue weighted by Crippen LogP contribution is 2.42. The first-order valence-electron chi connectivity index (χ1n) is 10.0. The second-order valence-electron chi connectivity index (χ2n) is 8.63. The van der Waals surface area contributed by atoms with Gasteiger partial charge in [0.05, 0.1) is 16.5 Å². The van der Waals surface area contributed by atoms with Crippen molar-refractivity contribution in [1.82, 2.24) is 9.21 Å². The highest BCUT2D eigenvalue weighted by molar-refractivity contribution is 7.89. The van der Waals surface area contributed by atoms with E-state index < -0.39 is 27.8 Å². The predicted molar refractivity (Wildman–Crippen MR) is 106 cm³/mol. The van der Waals surface area contributed by atoms with Crippen LogP contribution >= 0.6 is 0 Å². The van der Waals surface area contributed by atoms with Crippen LogP contribution in [0.3, 0.4) is 0 Å². The number of amides is 1. The monoisotopic (exact) mass is 447 g/mol. The SMILES string of the molecule is CC(C)[C@H](N)C(=O)N(C)[C@@H]1CC[C@H]2CN(S(=O)(=O)c3ccc(C(F)(F)F)cc3)C[C@H]21. The first-order valence-corrected chi connectivity index (χ1v) is 11.5. The third kappa shape index (κ3) is 4.22. The maximum atomic E-state index is 13.0. The molecule has 3 rings (SSSR count). The van der Waals surface area contributed by atoms with E-state index in [1.165, 1.54) is 4.31 Å². The zero-order valence-corrected chi connectivity index (χ0v) is 18.1. The van der Waals surface area contributed by atoms with Crippen molar-refractivity contribution in [2.45, 2.75) is 49.8 Å². The zero-order chi connectivity index (χ0) is 22.4. The number of halogens is 3. The lowest BCUT2D eigenvalue weighted by Crippen LogP contribution is -2.50. The van der Waals surface area contributed by atoms with E-state index in [-0.39, 0.29) is 41.1 Å². The van der Waals surface area contributed by atoms with Gasteiger partial charge >= 0.3 is 6.18 Å². The summed E-state index contributed by atoms with van der Waals surface area (Å²) >= 11 is 0. The van der Waals surface area contributed by atoms with Gasteiger partial charge in [0.2, 0.25) is 15.9 Å². The molecule has 10 heteroatoms. The average molecular weight is 448 g/mol. The minimum absolute atomic E-state index is 0.00252. The van der Waals surface area contributed by atoms with E-state index in [4.69, 9.17) is 5.73 Å². The second-order valence-corrected chi connectivity index (χ2v) is 10.6. The molecule has 1 aromatic carbocycles. The van der Waals surface area contributed by atoms with Crippen LogP contribution in [0.5, 0.6) is 0 Å². The Morgan fingerprint density at radius 2 is 1.77 bits per heavy atom. The molecule has 1 amide bonds. The van der Waals surface area contributed by atoms with E-state index in [1.54, 1.807) is 11.9 Å². The van der Waals surface area contributed by atoms with Gasteiger partial charge < -0.3 is 10.6 Å². The number of carbonyl (C=O) groups is 1. The topological polar surface area (TPSA) is 83.7 Å². The molecule has 2 fully saturated rings. The lowest BCUT2D eigenvalue weighted by atomic mass is 9.96. The van der Waals surface area contributed by atoms with E-state index in [0.717, 1.165) is 37.1 Å². The van der Waals surface area contributed by atoms with Crippen molar-refractivity contribution in [3.63, 3.8) is 0 Å². The van der Waals surface area contributed by atoms with Crippen LogP contribution in [-0.4, -0.2) is 55.8 Å². The van der Waals surface area contributed by atoms with Gasteiger partial charge in [0.25, 0.3) is 0 Å². The van der Waals surface area contributed by atoms with E-state index in [2.05, 4.69) is 0 Å². The minimum Gasteiger partial charge on any atom is -0.341 e. The van der Waals surface area contributed by atoms with Gasteiger partial charge in [-0.15, -0.1) is 0 Å². The summed E-state index contributed by atoms with van der Waals surface area (Å²) in [5.74, 6) is -0.0516. The maximum absolute atomic E-state index is 13.0. The van der Waals surface area contributed by atoms with E-state index in [1.807, 2.05) is 13.8 Å². The highest BCUT2D eigenvalue weighted by atomic mass is 32.2. The summed E-state index contributed by atoms with van der Waals surface area (Å²) in [5.41, 5.74) is 5.12. The molecule has 2 N–H and O–H groups in total. The molecule has 0 bridgehead atoms. The third-order valence-electron chi connectivity index (χ3n) is 6.45. The maximum Gasteiger partial charge on any atom is 0.416 e. The first-order chi connectivity index (χ1) is 13.8. The number of rotatable bonds is 5. The van der Waals surface area contributed by atoms with Crippen molar-refractivity contribution in [2.75, 3.05) is 20.1 Å². The molecule has 0 unspecified atom stereocenters. The van der Waals surface area contributed by atoms with Crippen LogP contribution in [-0.2, 0) is 21.0 Å². The molecule has 0 radical (unpaired) electrons. The average Bonchev–Trinajstić information content (AvgIpc) is 3.26. The summed E-state index contributed by atoms with van der Waals surface area (Å²) in [6, 6.07) is 2.86. The van der Waals surface area contributed by atoms with Gasteiger partial charge in [-0.25, -0.2) is 8.42 Å². The summed E-state index contributed by atoms with van der Waals surface area (Å²) in [6.07, 6.45) is -2.94. The Kier molecular flexibility index (Phi) is 6.23. The Morgan fingerprint density at radius 3 is 2.30 bits per heavy atom. The van der Waals surface area contributed by atoms with Crippen LogP contribution in [0.15, 0.2) is 29.2 Å². The fraction of sp³-hybridized carbons (Fsp3) is 0.650. The van der Waals surface area contributed by atoms with Crippen LogP contribution in [0, 0.1) is 17.8 Å². The lowest BCUT2D eigenvalue weighted by molar-refractivity contribution is -0.137. The molecule has 1 heterocycles. The summed E-state index contributed by atoms with van der Waals surface area (Å²) in [4.78, 5) is 14.2. The van der Waals surface area contributed by atoms with E-state index in [0.29, 0.717) is 6.54 Å². The number of sulfonamides is 1. The lowest BCUT2D eigenvalue weighted by Gasteiger charge is -2.32. The zero-order valence-electron chi connectivity index (χ0n) is 17.3. The summed E-state index contributed by atoms with van der Waals surface area (Å²) in [5, 5.41) is 0. The van der Waals surface area contributed by atoms with E-state index in [9.17, 15) is 26.4 Å². The van der Waals surface area contributed by atoms with Crippen molar-refractivity contribution in [3.8, 4) is 0 Å². The van der Waals surface area contributed by atoms with Crippen molar-refractivity contribution >= 4 is 15.9 Å². The van der Waals surface area contributed by atoms with Crippen LogP contribution < -0.4 is 5.73 Å². The van der Waals surface area contributed by atoms with Crippen LogP contribution in [0.2, 0.25) is 0 Å². The standard InChI is InChI=1S/C20H28F3N3O3S/c1-12(2)18(24)19(27)25(3)17-9-4-13-10-26(11-16(13)17)30(28,29)15-7-5-14(6-8-15)20(21,22)23/h5-8,12-13,16-18H,4,9-11,24H2,1-3H3/t13-,16+,17+,18-/m0/s1. The van der Waals surface area contributed by atoms with Gasteiger partial charge in [0.15, 0.2) is 0 Å². The quantitative estimate of drug-likeness (QED) is 0.752. The number of likely N-dealkylation sites (N-methyl/N-ethyl adjacent to an activating group) is 1. The molecule has 0 aromatic heterocycles. The number of fused-ring (bicyclic) bond motifs is 1. The molecule has 1 saturated carbocycles. The van der Waals surface area contributed by atoms with Gasteiger partial charge in [-0.2, -0.15) is 17.5 Å². The molecule has 0 spiro atoms. The molecular formula is C20H28F3N3O3S. The predicted octanol–water partition coefficient (Wildman–Crippen LogP) is 2.55. The molecule has 6 nitrogen and oxygen atoms in total. The molecule has 2 aliphatic rings. The summed E-state index contributed by atoms with van der Waals surface area (Å²) in [7, 11) is -2.19. The molecule has 168 valence electrons. The number of nitrogens with two attached hydrogens (primary N) is 1. The summed E-state index contributed by atoms with van der Waals surface area (Å²) in [6.45, 7) is 4.31. The Hall–Kier alpha value is -1.65. The smallest absolute Gasteiger partial charge is 0.341 e. The number of alkyl halides is 3. The highest BCUT2D eigenvalue weighted by Gasteiger charge is 2.48. The first kappa shape index (κ1) is 23.0. The van der Waals surface area contributed by atoms with Crippen LogP contribution in [0.1, 0.15) is 32.3 Å². The molecule has 1 aliphatic carbocycles. The molecule has 1 aromatic rings. The fourth-order valence-corrected chi connectivity index (χ4v) is 6.06. The Morgan fingerprint density at radius 1 is 1.17 bits per heavy atom. The van der Waals surface area contributed by atoms with Gasteiger partial charge in [-0.05, 0) is 54.9 Å². The van der Waals surface area contributed by atoms with Crippen molar-refractivity contribution in [2.24, 2.45) is 23.5 Å². The summed E-state index contributed by atoms with van der Waals surface area (Å²) < 4.78 is 65.6. The Bertz CT molecular complexity index is 887. The van der Waals surface area contributed by atoms with Gasteiger partial charge in [-0.1, -0.05) is 13.8 Å². The number of hydrogen-bond acceptors (Lipinski definition) is 4. The number of hydrogen-bond donors (Lipinski definition) is 1. The molecule has 30 heavy (non-hydrogen) atoms. The normalized spacial score (nSPS) is 26.1. The van der Waals surface area contributed by atoms with Gasteiger partial charge in [-0.3, -0.25) is 4.79 Å². The fourth-order valence-electron chi connectivity index (χ4n) is 4.52. The molecule has 1 aliphatic heterocycles. The molecule has 4 atom stereocenters. The van der Waals surface area contributed by atoms with Gasteiger partial charge in [0, 0.05) is 26.2 Å². The Labute approximate surface area is 175 Å².